The molecule has 0 spiro atoms. The Kier molecular flexibility index (Phi) is 4.21. The third-order valence-electron chi connectivity index (χ3n) is 2.91. The highest BCUT2D eigenvalue weighted by Gasteiger charge is 2.06. The third-order valence-corrected chi connectivity index (χ3v) is 4.18. The highest BCUT2D eigenvalue weighted by molar-refractivity contribution is 7.10. The van der Waals surface area contributed by atoms with E-state index < -0.39 is 0 Å². The van der Waals surface area contributed by atoms with Gasteiger partial charge < -0.3 is 5.32 Å². The second kappa shape index (κ2) is 5.67. The van der Waals surface area contributed by atoms with E-state index in [0.717, 1.165) is 11.6 Å². The fourth-order valence-electron chi connectivity index (χ4n) is 1.70. The maximum atomic E-state index is 5.88. The predicted octanol–water partition coefficient (Wildman–Crippen LogP) is 4.56. The van der Waals surface area contributed by atoms with Gasteiger partial charge in [0.05, 0.1) is 0 Å². The van der Waals surface area contributed by atoms with Crippen LogP contribution in [0.15, 0.2) is 35.7 Å². The summed E-state index contributed by atoms with van der Waals surface area (Å²) in [6.45, 7) is 5.25. The largest absolute Gasteiger partial charge is 0.305 e. The van der Waals surface area contributed by atoms with Crippen molar-refractivity contribution < 1.29 is 0 Å². The van der Waals surface area contributed by atoms with Crippen molar-refractivity contribution in [2.75, 3.05) is 0 Å². The summed E-state index contributed by atoms with van der Waals surface area (Å²) in [7, 11) is 0. The average Bonchev–Trinajstić information content (AvgIpc) is 2.73. The Morgan fingerprint density at radius 1 is 1.24 bits per heavy atom. The molecule has 90 valence electrons. The van der Waals surface area contributed by atoms with Gasteiger partial charge in [0.2, 0.25) is 0 Å². The van der Waals surface area contributed by atoms with Gasteiger partial charge in [0, 0.05) is 22.5 Å². The highest BCUT2D eigenvalue weighted by Crippen LogP contribution is 2.19. The molecule has 0 amide bonds. The molecule has 1 heterocycles. The molecule has 0 saturated carbocycles. The Bertz CT molecular complexity index is 475. The number of aryl methyl sites for hydroxylation is 1. The summed E-state index contributed by atoms with van der Waals surface area (Å²) in [5.74, 6) is 0. The van der Waals surface area contributed by atoms with Gasteiger partial charge >= 0.3 is 0 Å². The monoisotopic (exact) mass is 265 g/mol. The lowest BCUT2D eigenvalue weighted by Gasteiger charge is -2.14. The first kappa shape index (κ1) is 12.6. The summed E-state index contributed by atoms with van der Waals surface area (Å²) in [5.41, 5.74) is 2.63. The lowest BCUT2D eigenvalue weighted by Crippen LogP contribution is -2.17. The molecule has 1 N–H and O–H groups in total. The van der Waals surface area contributed by atoms with E-state index in [0.29, 0.717) is 6.04 Å². The van der Waals surface area contributed by atoms with E-state index in [2.05, 4.69) is 42.7 Å². The van der Waals surface area contributed by atoms with Gasteiger partial charge in [-0.1, -0.05) is 23.7 Å². The van der Waals surface area contributed by atoms with Crippen LogP contribution in [-0.4, -0.2) is 0 Å². The van der Waals surface area contributed by atoms with Gasteiger partial charge in [-0.25, -0.2) is 0 Å². The third kappa shape index (κ3) is 3.32. The molecule has 0 aliphatic carbocycles. The van der Waals surface area contributed by atoms with Crippen molar-refractivity contribution >= 4 is 22.9 Å². The van der Waals surface area contributed by atoms with Crippen LogP contribution in [-0.2, 0) is 6.54 Å². The van der Waals surface area contributed by atoms with Gasteiger partial charge in [0.15, 0.2) is 0 Å². The first-order chi connectivity index (χ1) is 8.16. The molecular weight excluding hydrogens is 250 g/mol. The van der Waals surface area contributed by atoms with E-state index in [9.17, 15) is 0 Å². The Balaban J connectivity index is 1.95. The molecular formula is C14H16ClNS. The lowest BCUT2D eigenvalue weighted by molar-refractivity contribution is 0.578. The number of nitrogens with one attached hydrogen (secondary N) is 1. The van der Waals surface area contributed by atoms with E-state index in [4.69, 9.17) is 11.6 Å². The smallest absolute Gasteiger partial charge is 0.0406 e. The zero-order valence-electron chi connectivity index (χ0n) is 10.0. The number of hydrogen-bond donors (Lipinski definition) is 1. The van der Waals surface area contributed by atoms with Crippen LogP contribution in [0.2, 0.25) is 5.02 Å². The highest BCUT2D eigenvalue weighted by atomic mass is 35.5. The minimum Gasteiger partial charge on any atom is -0.305 e. The van der Waals surface area contributed by atoms with Gasteiger partial charge in [-0.3, -0.25) is 0 Å². The number of rotatable bonds is 4. The molecule has 0 aliphatic rings. The molecule has 1 nitrogen and oxygen atoms in total. The van der Waals surface area contributed by atoms with Crippen molar-refractivity contribution in [1.82, 2.24) is 5.32 Å². The van der Waals surface area contributed by atoms with Gasteiger partial charge in [-0.2, -0.15) is 0 Å². The molecule has 0 aliphatic heterocycles. The van der Waals surface area contributed by atoms with Crippen molar-refractivity contribution in [2.45, 2.75) is 26.4 Å². The fourth-order valence-corrected chi connectivity index (χ4v) is 2.68. The van der Waals surface area contributed by atoms with Crippen LogP contribution in [0.25, 0.3) is 0 Å². The summed E-state index contributed by atoms with van der Waals surface area (Å²) in [4.78, 5) is 1.41. The minimum absolute atomic E-state index is 0.341. The van der Waals surface area contributed by atoms with Gasteiger partial charge in [0.25, 0.3) is 0 Å². The van der Waals surface area contributed by atoms with Crippen molar-refractivity contribution in [3.8, 4) is 0 Å². The maximum absolute atomic E-state index is 5.88. The molecule has 2 rings (SSSR count). The molecule has 1 aromatic carbocycles. The predicted molar refractivity (Wildman–Crippen MR) is 75.8 cm³/mol. The van der Waals surface area contributed by atoms with Gasteiger partial charge in [-0.15, -0.1) is 11.3 Å². The van der Waals surface area contributed by atoms with Crippen LogP contribution in [0, 0.1) is 6.92 Å². The molecule has 0 fully saturated rings. The summed E-state index contributed by atoms with van der Waals surface area (Å²) in [5, 5.41) is 6.45. The second-order valence-corrected chi connectivity index (χ2v) is 5.62. The minimum atomic E-state index is 0.341. The van der Waals surface area contributed by atoms with E-state index in [1.807, 2.05) is 12.1 Å². The van der Waals surface area contributed by atoms with E-state index in [1.54, 1.807) is 11.3 Å². The molecule has 1 atom stereocenters. The van der Waals surface area contributed by atoms with Crippen LogP contribution >= 0.6 is 22.9 Å². The van der Waals surface area contributed by atoms with E-state index in [-0.39, 0.29) is 0 Å². The first-order valence-corrected chi connectivity index (χ1v) is 6.94. The Morgan fingerprint density at radius 2 is 1.94 bits per heavy atom. The Morgan fingerprint density at radius 3 is 2.53 bits per heavy atom. The normalized spacial score (nSPS) is 12.6. The Labute approximate surface area is 111 Å². The van der Waals surface area contributed by atoms with Gasteiger partial charge in [-0.05, 0) is 48.6 Å². The van der Waals surface area contributed by atoms with E-state index >= 15 is 0 Å². The summed E-state index contributed by atoms with van der Waals surface area (Å²) < 4.78 is 0. The van der Waals surface area contributed by atoms with Crippen LogP contribution < -0.4 is 5.32 Å². The standard InChI is InChI=1S/C14H16ClNS/c1-10-7-8-17-14(10)9-16-11(2)12-3-5-13(15)6-4-12/h3-8,11,16H,9H2,1-2H3/t11-/m0/s1. The fraction of sp³-hybridized carbons (Fsp3) is 0.286. The summed E-state index contributed by atoms with van der Waals surface area (Å²) in [6.07, 6.45) is 0. The zero-order valence-corrected chi connectivity index (χ0v) is 11.6. The SMILES string of the molecule is Cc1ccsc1CN[C@@H](C)c1ccc(Cl)cc1. The van der Waals surface area contributed by atoms with Crippen molar-refractivity contribution in [3.63, 3.8) is 0 Å². The average molecular weight is 266 g/mol. The number of benzene rings is 1. The molecule has 3 heteroatoms. The lowest BCUT2D eigenvalue weighted by atomic mass is 10.1. The molecule has 2 aromatic rings. The van der Waals surface area contributed by atoms with Crippen LogP contribution in [0.4, 0.5) is 0 Å². The van der Waals surface area contributed by atoms with Crippen LogP contribution in [0.3, 0.4) is 0 Å². The summed E-state index contributed by atoms with van der Waals surface area (Å²) in [6, 6.07) is 10.5. The van der Waals surface area contributed by atoms with E-state index in [1.165, 1.54) is 16.0 Å². The van der Waals surface area contributed by atoms with Gasteiger partial charge in [0.1, 0.15) is 0 Å². The van der Waals surface area contributed by atoms with Crippen molar-refractivity contribution in [2.24, 2.45) is 0 Å². The topological polar surface area (TPSA) is 12.0 Å². The van der Waals surface area contributed by atoms with Crippen LogP contribution in [0.5, 0.6) is 0 Å². The number of halogens is 1. The number of hydrogen-bond acceptors (Lipinski definition) is 2. The van der Waals surface area contributed by atoms with Crippen molar-refractivity contribution in [3.05, 3.63) is 56.7 Å². The van der Waals surface area contributed by atoms with Crippen LogP contribution in [0.1, 0.15) is 29.0 Å². The maximum Gasteiger partial charge on any atom is 0.0406 e. The molecule has 1 aromatic heterocycles. The molecule has 0 unspecified atom stereocenters. The second-order valence-electron chi connectivity index (χ2n) is 4.18. The zero-order chi connectivity index (χ0) is 12.3. The summed E-state index contributed by atoms with van der Waals surface area (Å²) >= 11 is 7.68. The Hall–Kier alpha value is -0.830. The molecule has 0 saturated heterocycles. The molecule has 0 radical (unpaired) electrons. The molecule has 17 heavy (non-hydrogen) atoms. The number of thiophene rings is 1. The molecule has 0 bridgehead atoms. The first-order valence-electron chi connectivity index (χ1n) is 5.68. The van der Waals surface area contributed by atoms with Crippen molar-refractivity contribution in [1.29, 1.82) is 0 Å². The quantitative estimate of drug-likeness (QED) is 0.855.